The van der Waals surface area contributed by atoms with Crippen molar-refractivity contribution in [2.75, 3.05) is 13.2 Å². The summed E-state index contributed by atoms with van der Waals surface area (Å²) in [7, 11) is 0. The average molecular weight is 335 g/mol. The molecule has 0 aromatic carbocycles. The van der Waals surface area contributed by atoms with Gasteiger partial charge in [0.2, 0.25) is 0 Å². The van der Waals surface area contributed by atoms with Crippen LogP contribution in [0.5, 0.6) is 0 Å². The molecule has 2 saturated heterocycles. The van der Waals surface area contributed by atoms with E-state index in [1.54, 1.807) is 17.3 Å². The number of fused-ring (bicyclic) bond motifs is 2. The normalized spacial score (nSPS) is 30.1. The predicted octanol–water partition coefficient (Wildman–Crippen LogP) is 1.77. The summed E-state index contributed by atoms with van der Waals surface area (Å²) in [5.41, 5.74) is -0.912. The minimum atomic E-state index is -1.05. The Kier molecular flexibility index (Phi) is 4.25. The summed E-state index contributed by atoms with van der Waals surface area (Å²) in [4.78, 5) is 22.7. The number of hydrogen-bond donors (Lipinski definition) is 1. The Morgan fingerprint density at radius 1 is 1.29 bits per heavy atom. The molecular formula is C17H25N3O4. The van der Waals surface area contributed by atoms with E-state index in [0.29, 0.717) is 37.4 Å². The van der Waals surface area contributed by atoms with Gasteiger partial charge in [0.15, 0.2) is 0 Å². The molecule has 2 aliphatic heterocycles. The minimum Gasteiger partial charge on any atom is -0.444 e. The summed E-state index contributed by atoms with van der Waals surface area (Å²) in [5.74, 6) is 0.664. The quantitative estimate of drug-likeness (QED) is 0.842. The number of nitrogens with zero attached hydrogens (tertiary/aromatic N) is 3. The molecule has 7 nitrogen and oxygen atoms in total. The average Bonchev–Trinajstić information content (AvgIpc) is 2.44. The number of carbonyl (C=O) groups excluding carboxylic acids is 1. The van der Waals surface area contributed by atoms with Gasteiger partial charge in [-0.25, -0.2) is 14.8 Å². The van der Waals surface area contributed by atoms with Crippen molar-refractivity contribution in [2.24, 2.45) is 0 Å². The predicted molar refractivity (Wildman–Crippen MR) is 86.4 cm³/mol. The summed E-state index contributed by atoms with van der Waals surface area (Å²) in [6.07, 6.45) is 3.76. The van der Waals surface area contributed by atoms with Crippen molar-refractivity contribution in [2.45, 2.75) is 63.8 Å². The van der Waals surface area contributed by atoms with Crippen LogP contribution in [-0.4, -0.2) is 57.0 Å². The highest BCUT2D eigenvalue weighted by Crippen LogP contribution is 2.41. The van der Waals surface area contributed by atoms with E-state index >= 15 is 0 Å². The number of piperidine rings is 1. The van der Waals surface area contributed by atoms with Gasteiger partial charge < -0.3 is 14.6 Å². The first-order valence-corrected chi connectivity index (χ1v) is 8.28. The smallest absolute Gasteiger partial charge is 0.410 e. The van der Waals surface area contributed by atoms with Crippen LogP contribution in [0.3, 0.4) is 0 Å². The van der Waals surface area contributed by atoms with Gasteiger partial charge in [0.1, 0.15) is 11.4 Å². The van der Waals surface area contributed by atoms with Crippen molar-refractivity contribution in [3.8, 4) is 0 Å². The summed E-state index contributed by atoms with van der Waals surface area (Å²) in [6.45, 7) is 8.14. The Bertz CT molecular complexity index is 597. The molecular weight excluding hydrogens is 310 g/mol. The first-order valence-electron chi connectivity index (χ1n) is 8.28. The fourth-order valence-corrected chi connectivity index (χ4v) is 3.46. The highest BCUT2D eigenvalue weighted by Gasteiger charge is 2.50. The number of morpholine rings is 1. The third-order valence-electron chi connectivity index (χ3n) is 4.48. The molecule has 7 heteroatoms. The van der Waals surface area contributed by atoms with E-state index in [2.05, 4.69) is 9.97 Å². The lowest BCUT2D eigenvalue weighted by Gasteiger charge is -2.51. The van der Waals surface area contributed by atoms with Gasteiger partial charge in [0, 0.05) is 30.8 Å². The standard InChI is InChI=1S/C17H25N3O4/c1-11-18-7-12(8-19-11)17(22)5-13-9-23-10-14(6-17)20(13)15(21)24-16(2,3)4/h7-8,13-14,22H,5-6,9-10H2,1-4H3. The van der Waals surface area contributed by atoms with Crippen LogP contribution in [0.4, 0.5) is 4.79 Å². The Labute approximate surface area is 142 Å². The van der Waals surface area contributed by atoms with Crippen LogP contribution in [-0.2, 0) is 15.1 Å². The molecule has 24 heavy (non-hydrogen) atoms. The molecule has 2 unspecified atom stereocenters. The topological polar surface area (TPSA) is 84.8 Å². The summed E-state index contributed by atoms with van der Waals surface area (Å²) in [5, 5.41) is 11.2. The molecule has 1 N–H and O–H groups in total. The molecule has 0 aliphatic carbocycles. The molecule has 0 spiro atoms. The van der Waals surface area contributed by atoms with Crippen molar-refractivity contribution in [1.29, 1.82) is 0 Å². The fraction of sp³-hybridized carbons (Fsp3) is 0.706. The van der Waals surface area contributed by atoms with E-state index in [1.807, 2.05) is 27.7 Å². The van der Waals surface area contributed by atoms with Crippen molar-refractivity contribution < 1.29 is 19.4 Å². The van der Waals surface area contributed by atoms with Gasteiger partial charge in [-0.2, -0.15) is 0 Å². The lowest BCUT2D eigenvalue weighted by atomic mass is 9.78. The lowest BCUT2D eigenvalue weighted by molar-refractivity contribution is -0.141. The Morgan fingerprint density at radius 2 is 1.83 bits per heavy atom. The molecule has 2 atom stereocenters. The second-order valence-corrected chi connectivity index (χ2v) is 7.69. The molecule has 3 rings (SSSR count). The maximum Gasteiger partial charge on any atom is 0.410 e. The third-order valence-corrected chi connectivity index (χ3v) is 4.48. The van der Waals surface area contributed by atoms with Gasteiger partial charge >= 0.3 is 6.09 Å². The van der Waals surface area contributed by atoms with Crippen LogP contribution in [0.25, 0.3) is 0 Å². The van der Waals surface area contributed by atoms with E-state index in [-0.39, 0.29) is 18.2 Å². The molecule has 3 heterocycles. The van der Waals surface area contributed by atoms with Crippen LogP contribution in [0.1, 0.15) is 45.0 Å². The van der Waals surface area contributed by atoms with Crippen molar-refractivity contribution in [3.63, 3.8) is 0 Å². The lowest BCUT2D eigenvalue weighted by Crippen LogP contribution is -2.63. The second kappa shape index (κ2) is 5.97. The SMILES string of the molecule is Cc1ncc(C2(O)CC3COCC(C2)N3C(=O)OC(C)(C)C)cn1. The summed E-state index contributed by atoms with van der Waals surface area (Å²) < 4.78 is 11.1. The maximum atomic E-state index is 12.6. The summed E-state index contributed by atoms with van der Waals surface area (Å²) in [6, 6.07) is -0.447. The Balaban J connectivity index is 1.82. The number of amides is 1. The number of aliphatic hydroxyl groups is 1. The van der Waals surface area contributed by atoms with Crippen LogP contribution in [0.2, 0.25) is 0 Å². The number of rotatable bonds is 1. The zero-order chi connectivity index (χ0) is 17.5. The molecule has 1 aromatic heterocycles. The molecule has 1 aromatic rings. The van der Waals surface area contributed by atoms with Crippen LogP contribution in [0, 0.1) is 6.92 Å². The third kappa shape index (κ3) is 3.37. The Morgan fingerprint density at radius 3 is 2.33 bits per heavy atom. The van der Waals surface area contributed by atoms with Crippen LogP contribution in [0.15, 0.2) is 12.4 Å². The van der Waals surface area contributed by atoms with E-state index in [1.165, 1.54) is 0 Å². The molecule has 0 saturated carbocycles. The van der Waals surface area contributed by atoms with Gasteiger partial charge in [0.05, 0.1) is 30.9 Å². The molecule has 2 fully saturated rings. The van der Waals surface area contributed by atoms with Gasteiger partial charge in [-0.15, -0.1) is 0 Å². The zero-order valence-electron chi connectivity index (χ0n) is 14.7. The largest absolute Gasteiger partial charge is 0.444 e. The van der Waals surface area contributed by atoms with E-state index in [9.17, 15) is 9.90 Å². The number of aromatic nitrogens is 2. The fourth-order valence-electron chi connectivity index (χ4n) is 3.46. The van der Waals surface area contributed by atoms with Crippen LogP contribution < -0.4 is 0 Å². The number of ether oxygens (including phenoxy) is 2. The van der Waals surface area contributed by atoms with Crippen LogP contribution >= 0.6 is 0 Å². The highest BCUT2D eigenvalue weighted by molar-refractivity contribution is 5.69. The number of hydrogen-bond acceptors (Lipinski definition) is 6. The zero-order valence-corrected chi connectivity index (χ0v) is 14.7. The van der Waals surface area contributed by atoms with Crippen molar-refractivity contribution in [1.82, 2.24) is 14.9 Å². The molecule has 132 valence electrons. The van der Waals surface area contributed by atoms with Crippen molar-refractivity contribution in [3.05, 3.63) is 23.8 Å². The molecule has 2 aliphatic rings. The number of aryl methyl sites for hydroxylation is 1. The van der Waals surface area contributed by atoms with Gasteiger partial charge in [-0.1, -0.05) is 0 Å². The molecule has 2 bridgehead atoms. The second-order valence-electron chi connectivity index (χ2n) is 7.69. The molecule has 1 amide bonds. The maximum absolute atomic E-state index is 12.6. The number of carbonyl (C=O) groups is 1. The van der Waals surface area contributed by atoms with Gasteiger partial charge in [-0.05, 0) is 27.7 Å². The van der Waals surface area contributed by atoms with Gasteiger partial charge in [0.25, 0.3) is 0 Å². The van der Waals surface area contributed by atoms with E-state index in [0.717, 1.165) is 0 Å². The van der Waals surface area contributed by atoms with E-state index in [4.69, 9.17) is 9.47 Å². The van der Waals surface area contributed by atoms with E-state index < -0.39 is 11.2 Å². The van der Waals surface area contributed by atoms with Gasteiger partial charge in [-0.3, -0.25) is 4.90 Å². The minimum absolute atomic E-state index is 0.223. The monoisotopic (exact) mass is 335 g/mol. The first-order chi connectivity index (χ1) is 11.2. The summed E-state index contributed by atoms with van der Waals surface area (Å²) >= 11 is 0. The highest BCUT2D eigenvalue weighted by atomic mass is 16.6. The first kappa shape index (κ1) is 17.1. The molecule has 0 radical (unpaired) electrons. The van der Waals surface area contributed by atoms with Crippen molar-refractivity contribution >= 4 is 6.09 Å². The Hall–Kier alpha value is -1.73.